The molecule has 1 aromatic heterocycles. The first kappa shape index (κ1) is 12.9. The maximum Gasteiger partial charge on any atom is 0.341 e. The van der Waals surface area contributed by atoms with Gasteiger partial charge in [0.2, 0.25) is 5.88 Å². The molecule has 2 aromatic rings. The van der Waals surface area contributed by atoms with Gasteiger partial charge < -0.3 is 9.84 Å². The van der Waals surface area contributed by atoms with Crippen molar-refractivity contribution in [1.82, 2.24) is 4.98 Å². The smallest absolute Gasteiger partial charge is 0.341 e. The molecule has 1 aliphatic rings. The van der Waals surface area contributed by atoms with Crippen molar-refractivity contribution in [2.45, 2.75) is 19.3 Å². The standard InChI is InChI=1S/C15H12ClNO3/c16-10-4-6-11(7-5-10)20-14-12(15(18)19)8-9-2-1-3-13(9)17-14/h4-8H,1-3H2,(H,18,19). The number of benzene rings is 1. The molecule has 0 saturated heterocycles. The average Bonchev–Trinajstić information content (AvgIpc) is 2.87. The van der Waals surface area contributed by atoms with Gasteiger partial charge in [-0.1, -0.05) is 11.6 Å². The van der Waals surface area contributed by atoms with Gasteiger partial charge in [0.05, 0.1) is 0 Å². The van der Waals surface area contributed by atoms with Crippen molar-refractivity contribution >= 4 is 17.6 Å². The summed E-state index contributed by atoms with van der Waals surface area (Å²) in [4.78, 5) is 15.7. The topological polar surface area (TPSA) is 59.4 Å². The van der Waals surface area contributed by atoms with Gasteiger partial charge in [-0.25, -0.2) is 9.78 Å². The average molecular weight is 290 g/mol. The van der Waals surface area contributed by atoms with E-state index in [1.54, 1.807) is 30.3 Å². The summed E-state index contributed by atoms with van der Waals surface area (Å²) in [5.74, 6) is -0.376. The molecule has 0 unspecified atom stereocenters. The third-order valence-corrected chi connectivity index (χ3v) is 3.53. The zero-order valence-corrected chi connectivity index (χ0v) is 11.4. The van der Waals surface area contributed by atoms with Crippen molar-refractivity contribution in [3.05, 3.63) is 52.2 Å². The van der Waals surface area contributed by atoms with Crippen molar-refractivity contribution in [3.63, 3.8) is 0 Å². The van der Waals surface area contributed by atoms with Crippen LogP contribution in [0.25, 0.3) is 0 Å². The number of hydrogen-bond donors (Lipinski definition) is 1. The Balaban J connectivity index is 1.99. The molecular weight excluding hydrogens is 278 g/mol. The second-order valence-electron chi connectivity index (χ2n) is 4.66. The number of aromatic carboxylic acids is 1. The minimum atomic E-state index is -1.03. The van der Waals surface area contributed by atoms with E-state index < -0.39 is 5.97 Å². The summed E-state index contributed by atoms with van der Waals surface area (Å²) in [6, 6.07) is 8.41. The van der Waals surface area contributed by atoms with Crippen molar-refractivity contribution in [1.29, 1.82) is 0 Å². The monoisotopic (exact) mass is 289 g/mol. The number of aromatic nitrogens is 1. The van der Waals surface area contributed by atoms with Crippen molar-refractivity contribution in [2.24, 2.45) is 0 Å². The zero-order chi connectivity index (χ0) is 14.1. The lowest BCUT2D eigenvalue weighted by Crippen LogP contribution is -2.05. The summed E-state index contributed by atoms with van der Waals surface area (Å²) in [7, 11) is 0. The van der Waals surface area contributed by atoms with Crippen LogP contribution in [0.15, 0.2) is 30.3 Å². The van der Waals surface area contributed by atoms with Crippen LogP contribution in [0, 0.1) is 0 Å². The second-order valence-corrected chi connectivity index (χ2v) is 5.10. The number of nitrogens with zero attached hydrogens (tertiary/aromatic N) is 1. The minimum Gasteiger partial charge on any atom is -0.477 e. The predicted octanol–water partition coefficient (Wildman–Crippen LogP) is 3.71. The van der Waals surface area contributed by atoms with E-state index in [4.69, 9.17) is 16.3 Å². The van der Waals surface area contributed by atoms with Gasteiger partial charge in [-0.15, -0.1) is 0 Å². The van der Waals surface area contributed by atoms with Gasteiger partial charge in [0.25, 0.3) is 0 Å². The molecule has 1 N–H and O–H groups in total. The number of rotatable bonds is 3. The van der Waals surface area contributed by atoms with E-state index in [2.05, 4.69) is 4.98 Å². The molecule has 0 atom stereocenters. The Morgan fingerprint density at radius 1 is 1.25 bits per heavy atom. The van der Waals surface area contributed by atoms with Crippen LogP contribution in [0.5, 0.6) is 11.6 Å². The number of carbonyl (C=O) groups is 1. The molecule has 0 aliphatic heterocycles. The first-order valence-electron chi connectivity index (χ1n) is 6.33. The van der Waals surface area contributed by atoms with Gasteiger partial charge in [0.1, 0.15) is 11.3 Å². The number of fused-ring (bicyclic) bond motifs is 1. The predicted molar refractivity (Wildman–Crippen MR) is 74.7 cm³/mol. The number of hydrogen-bond acceptors (Lipinski definition) is 3. The highest BCUT2D eigenvalue weighted by Crippen LogP contribution is 2.30. The lowest BCUT2D eigenvalue weighted by Gasteiger charge is -2.10. The SMILES string of the molecule is O=C(O)c1cc2c(nc1Oc1ccc(Cl)cc1)CCC2. The summed E-state index contributed by atoms with van der Waals surface area (Å²) in [6.07, 6.45) is 2.75. The Kier molecular flexibility index (Phi) is 3.32. The Labute approximate surface area is 121 Å². The van der Waals surface area contributed by atoms with Crippen LogP contribution >= 0.6 is 11.6 Å². The Morgan fingerprint density at radius 2 is 2.00 bits per heavy atom. The van der Waals surface area contributed by atoms with Crippen LogP contribution in [-0.4, -0.2) is 16.1 Å². The zero-order valence-electron chi connectivity index (χ0n) is 10.6. The molecule has 4 nitrogen and oxygen atoms in total. The number of ether oxygens (including phenoxy) is 1. The molecule has 0 spiro atoms. The largest absolute Gasteiger partial charge is 0.477 e. The lowest BCUT2D eigenvalue weighted by atomic mass is 10.1. The van der Waals surface area contributed by atoms with Crippen molar-refractivity contribution < 1.29 is 14.6 Å². The van der Waals surface area contributed by atoms with Crippen LogP contribution in [0.1, 0.15) is 28.0 Å². The van der Waals surface area contributed by atoms with Crippen LogP contribution < -0.4 is 4.74 Å². The minimum absolute atomic E-state index is 0.0978. The highest BCUT2D eigenvalue weighted by atomic mass is 35.5. The molecular formula is C15H12ClNO3. The Hall–Kier alpha value is -2.07. The van der Waals surface area contributed by atoms with E-state index in [1.807, 2.05) is 0 Å². The highest BCUT2D eigenvalue weighted by molar-refractivity contribution is 6.30. The third kappa shape index (κ3) is 2.47. The molecule has 0 saturated carbocycles. The number of pyridine rings is 1. The van der Waals surface area contributed by atoms with Crippen LogP contribution in [0.3, 0.4) is 0 Å². The molecule has 0 radical (unpaired) electrons. The van der Waals surface area contributed by atoms with Crippen LogP contribution in [0.2, 0.25) is 5.02 Å². The fraction of sp³-hybridized carbons (Fsp3) is 0.200. The highest BCUT2D eigenvalue weighted by Gasteiger charge is 2.21. The quantitative estimate of drug-likeness (QED) is 0.935. The van der Waals surface area contributed by atoms with Gasteiger partial charge >= 0.3 is 5.97 Å². The normalized spacial score (nSPS) is 13.1. The van der Waals surface area contributed by atoms with E-state index >= 15 is 0 Å². The lowest BCUT2D eigenvalue weighted by molar-refractivity contribution is 0.0693. The number of carboxylic acid groups (broad SMARTS) is 1. The third-order valence-electron chi connectivity index (χ3n) is 3.27. The van der Waals surface area contributed by atoms with E-state index in [-0.39, 0.29) is 11.4 Å². The number of halogens is 1. The summed E-state index contributed by atoms with van der Waals surface area (Å²) in [5.41, 5.74) is 2.03. The maximum atomic E-state index is 11.3. The molecule has 20 heavy (non-hydrogen) atoms. The molecule has 1 aliphatic carbocycles. The molecule has 5 heteroatoms. The van der Waals surface area contributed by atoms with Crippen LogP contribution in [0.4, 0.5) is 0 Å². The van der Waals surface area contributed by atoms with Crippen LogP contribution in [-0.2, 0) is 12.8 Å². The summed E-state index contributed by atoms with van der Waals surface area (Å²) in [5, 5.41) is 9.87. The fourth-order valence-corrected chi connectivity index (χ4v) is 2.42. The van der Waals surface area contributed by atoms with Gasteiger partial charge in [-0.05, 0) is 55.2 Å². The maximum absolute atomic E-state index is 11.3. The van der Waals surface area contributed by atoms with E-state index in [1.165, 1.54) is 0 Å². The molecule has 3 rings (SSSR count). The summed E-state index contributed by atoms with van der Waals surface area (Å²) in [6.45, 7) is 0. The Morgan fingerprint density at radius 3 is 2.70 bits per heavy atom. The van der Waals surface area contributed by atoms with E-state index in [0.717, 1.165) is 30.5 Å². The molecule has 1 aromatic carbocycles. The first-order valence-corrected chi connectivity index (χ1v) is 6.71. The molecule has 0 amide bonds. The molecule has 0 fully saturated rings. The van der Waals surface area contributed by atoms with E-state index in [0.29, 0.717) is 10.8 Å². The second kappa shape index (κ2) is 5.13. The van der Waals surface area contributed by atoms with Gasteiger partial charge in [-0.2, -0.15) is 0 Å². The van der Waals surface area contributed by atoms with Gasteiger partial charge in [0.15, 0.2) is 0 Å². The van der Waals surface area contributed by atoms with Gasteiger partial charge in [0, 0.05) is 10.7 Å². The number of aryl methyl sites for hydroxylation is 2. The Bertz CT molecular complexity index is 668. The van der Waals surface area contributed by atoms with Crippen molar-refractivity contribution in [2.75, 3.05) is 0 Å². The van der Waals surface area contributed by atoms with E-state index in [9.17, 15) is 9.90 Å². The van der Waals surface area contributed by atoms with Gasteiger partial charge in [-0.3, -0.25) is 0 Å². The molecule has 1 heterocycles. The molecule has 102 valence electrons. The summed E-state index contributed by atoms with van der Waals surface area (Å²) < 4.78 is 5.60. The fourth-order valence-electron chi connectivity index (χ4n) is 2.30. The van der Waals surface area contributed by atoms with Crippen molar-refractivity contribution in [3.8, 4) is 11.6 Å². The number of carboxylic acids is 1. The first-order chi connectivity index (χ1) is 9.63. The summed E-state index contributed by atoms with van der Waals surface area (Å²) >= 11 is 5.81. The molecule has 0 bridgehead atoms.